The molecular formula is C17H23NO3S. The SMILES string of the molecule is CC1CCCN(S(=O)(=O)C2=Cc3ccccc3CC2)C1CO. The first-order chi connectivity index (χ1) is 10.5. The molecule has 2 aliphatic rings. The van der Waals surface area contributed by atoms with E-state index in [2.05, 4.69) is 6.07 Å². The molecule has 1 heterocycles. The summed E-state index contributed by atoms with van der Waals surface area (Å²) in [4.78, 5) is 0.485. The highest BCUT2D eigenvalue weighted by Crippen LogP contribution is 2.33. The summed E-state index contributed by atoms with van der Waals surface area (Å²) in [6, 6.07) is 7.64. The molecular weight excluding hydrogens is 298 g/mol. The Morgan fingerprint density at radius 3 is 2.82 bits per heavy atom. The van der Waals surface area contributed by atoms with E-state index in [1.54, 1.807) is 0 Å². The number of aliphatic hydroxyl groups excluding tert-OH is 1. The predicted molar refractivity (Wildman–Crippen MR) is 87.6 cm³/mol. The second kappa shape index (κ2) is 6.14. The lowest BCUT2D eigenvalue weighted by atomic mass is 9.93. The highest BCUT2D eigenvalue weighted by molar-refractivity contribution is 7.93. The zero-order valence-corrected chi connectivity index (χ0v) is 13.7. The zero-order chi connectivity index (χ0) is 15.7. The summed E-state index contributed by atoms with van der Waals surface area (Å²) < 4.78 is 27.6. The maximum atomic E-state index is 13.0. The molecule has 2 unspecified atom stereocenters. The van der Waals surface area contributed by atoms with Crippen molar-refractivity contribution in [3.05, 3.63) is 40.3 Å². The van der Waals surface area contributed by atoms with Gasteiger partial charge in [-0.1, -0.05) is 31.2 Å². The quantitative estimate of drug-likeness (QED) is 0.930. The molecule has 1 aromatic carbocycles. The molecule has 0 spiro atoms. The molecule has 4 nitrogen and oxygen atoms in total. The van der Waals surface area contributed by atoms with Gasteiger partial charge in [-0.3, -0.25) is 0 Å². The Hall–Kier alpha value is -1.17. The van der Waals surface area contributed by atoms with E-state index < -0.39 is 10.0 Å². The second-order valence-corrected chi connectivity index (χ2v) is 8.24. The van der Waals surface area contributed by atoms with Gasteiger partial charge in [0.1, 0.15) is 0 Å². The number of nitrogens with zero attached hydrogens (tertiary/aromatic N) is 1. The van der Waals surface area contributed by atoms with Crippen molar-refractivity contribution in [3.63, 3.8) is 0 Å². The summed E-state index contributed by atoms with van der Waals surface area (Å²) in [5.41, 5.74) is 2.20. The lowest BCUT2D eigenvalue weighted by molar-refractivity contribution is 0.114. The van der Waals surface area contributed by atoms with Gasteiger partial charge in [-0.2, -0.15) is 4.31 Å². The Bertz CT molecular complexity index is 681. The molecule has 22 heavy (non-hydrogen) atoms. The summed E-state index contributed by atoms with van der Waals surface area (Å²) in [6.07, 6.45) is 4.94. The fourth-order valence-electron chi connectivity index (χ4n) is 3.54. The summed E-state index contributed by atoms with van der Waals surface area (Å²) in [7, 11) is -3.49. The Morgan fingerprint density at radius 2 is 2.05 bits per heavy atom. The Kier molecular flexibility index (Phi) is 4.39. The molecule has 3 rings (SSSR count). The normalized spacial score (nSPS) is 26.4. The number of allylic oxidation sites excluding steroid dienone is 1. The van der Waals surface area contributed by atoms with Crippen LogP contribution in [-0.4, -0.2) is 37.0 Å². The van der Waals surface area contributed by atoms with Crippen molar-refractivity contribution >= 4 is 16.1 Å². The lowest BCUT2D eigenvalue weighted by Gasteiger charge is -2.38. The van der Waals surface area contributed by atoms with Crippen LogP contribution >= 0.6 is 0 Å². The highest BCUT2D eigenvalue weighted by Gasteiger charge is 2.38. The van der Waals surface area contributed by atoms with Crippen LogP contribution in [0.1, 0.15) is 37.3 Å². The first-order valence-corrected chi connectivity index (χ1v) is 9.39. The van der Waals surface area contributed by atoms with E-state index >= 15 is 0 Å². The molecule has 0 aromatic heterocycles. The average molecular weight is 321 g/mol. The number of hydrogen-bond acceptors (Lipinski definition) is 3. The molecule has 2 atom stereocenters. The maximum Gasteiger partial charge on any atom is 0.239 e. The third-order valence-corrected chi connectivity index (χ3v) is 6.96. The van der Waals surface area contributed by atoms with Crippen LogP contribution in [0.25, 0.3) is 6.08 Å². The molecule has 0 bridgehead atoms. The van der Waals surface area contributed by atoms with Crippen molar-refractivity contribution in [3.8, 4) is 0 Å². The van der Waals surface area contributed by atoms with Gasteiger partial charge in [0.05, 0.1) is 17.6 Å². The van der Waals surface area contributed by atoms with E-state index in [0.717, 1.165) is 24.8 Å². The molecule has 1 saturated heterocycles. The smallest absolute Gasteiger partial charge is 0.239 e. The number of hydrogen-bond donors (Lipinski definition) is 1. The molecule has 0 radical (unpaired) electrons. The molecule has 120 valence electrons. The fraction of sp³-hybridized carbons (Fsp3) is 0.529. The molecule has 1 aliphatic carbocycles. The number of rotatable bonds is 3. The van der Waals surface area contributed by atoms with Gasteiger partial charge in [0, 0.05) is 6.54 Å². The van der Waals surface area contributed by atoms with Gasteiger partial charge in [0.15, 0.2) is 0 Å². The minimum atomic E-state index is -3.49. The minimum absolute atomic E-state index is 0.107. The van der Waals surface area contributed by atoms with Crippen molar-refractivity contribution in [1.29, 1.82) is 0 Å². The lowest BCUT2D eigenvalue weighted by Crippen LogP contribution is -2.49. The Balaban J connectivity index is 1.95. The number of aryl methyl sites for hydroxylation is 1. The van der Waals surface area contributed by atoms with Crippen LogP contribution in [-0.2, 0) is 16.4 Å². The molecule has 0 saturated carbocycles. The summed E-state index contributed by atoms with van der Waals surface area (Å²) in [6.45, 7) is 2.42. The average Bonchev–Trinajstić information content (AvgIpc) is 2.54. The minimum Gasteiger partial charge on any atom is -0.395 e. The van der Waals surface area contributed by atoms with Crippen LogP contribution in [0.15, 0.2) is 29.2 Å². The van der Waals surface area contributed by atoms with Crippen molar-refractivity contribution in [2.75, 3.05) is 13.2 Å². The maximum absolute atomic E-state index is 13.0. The summed E-state index contributed by atoms with van der Waals surface area (Å²) in [5.74, 6) is 0.199. The third kappa shape index (κ3) is 2.73. The predicted octanol–water partition coefficient (Wildman–Crippen LogP) is 2.40. The molecule has 1 fully saturated rings. The van der Waals surface area contributed by atoms with Crippen LogP contribution in [0.5, 0.6) is 0 Å². The van der Waals surface area contributed by atoms with Crippen LogP contribution in [0.2, 0.25) is 0 Å². The van der Waals surface area contributed by atoms with Gasteiger partial charge in [0.2, 0.25) is 10.0 Å². The number of aliphatic hydroxyl groups is 1. The Morgan fingerprint density at radius 1 is 1.27 bits per heavy atom. The van der Waals surface area contributed by atoms with Crippen molar-refractivity contribution in [2.45, 2.75) is 38.6 Å². The fourth-order valence-corrected chi connectivity index (χ4v) is 5.48. The summed E-state index contributed by atoms with van der Waals surface area (Å²) in [5, 5.41) is 9.63. The van der Waals surface area contributed by atoms with Gasteiger partial charge in [0.25, 0.3) is 0 Å². The van der Waals surface area contributed by atoms with Crippen molar-refractivity contribution in [2.24, 2.45) is 5.92 Å². The van der Waals surface area contributed by atoms with Gasteiger partial charge >= 0.3 is 0 Å². The van der Waals surface area contributed by atoms with E-state index in [0.29, 0.717) is 17.9 Å². The molecule has 0 amide bonds. The third-order valence-electron chi connectivity index (χ3n) is 4.90. The topological polar surface area (TPSA) is 57.6 Å². The standard InChI is InChI=1S/C17H23NO3S/c1-13-5-4-10-18(17(13)12-19)22(20,21)16-9-8-14-6-2-3-7-15(14)11-16/h2-3,6-7,11,13,17,19H,4-5,8-10,12H2,1H3. The molecule has 5 heteroatoms. The van der Waals surface area contributed by atoms with Crippen LogP contribution in [0.4, 0.5) is 0 Å². The number of piperidine rings is 1. The van der Waals surface area contributed by atoms with Gasteiger partial charge in [-0.25, -0.2) is 8.42 Å². The second-order valence-electron chi connectivity index (χ2n) is 6.29. The summed E-state index contributed by atoms with van der Waals surface area (Å²) >= 11 is 0. The molecule has 1 aromatic rings. The Labute approximate surface area is 132 Å². The first-order valence-electron chi connectivity index (χ1n) is 7.95. The zero-order valence-electron chi connectivity index (χ0n) is 12.9. The largest absolute Gasteiger partial charge is 0.395 e. The van der Waals surface area contributed by atoms with Crippen LogP contribution in [0, 0.1) is 5.92 Å². The van der Waals surface area contributed by atoms with Crippen LogP contribution < -0.4 is 0 Å². The van der Waals surface area contributed by atoms with E-state index in [4.69, 9.17) is 0 Å². The van der Waals surface area contributed by atoms with E-state index in [1.165, 1.54) is 9.87 Å². The monoisotopic (exact) mass is 321 g/mol. The van der Waals surface area contributed by atoms with E-state index in [-0.39, 0.29) is 18.6 Å². The van der Waals surface area contributed by atoms with Crippen molar-refractivity contribution in [1.82, 2.24) is 4.31 Å². The number of sulfonamides is 1. The van der Waals surface area contributed by atoms with Crippen molar-refractivity contribution < 1.29 is 13.5 Å². The van der Waals surface area contributed by atoms with Crippen LogP contribution in [0.3, 0.4) is 0 Å². The number of benzene rings is 1. The molecule has 1 N–H and O–H groups in total. The highest BCUT2D eigenvalue weighted by atomic mass is 32.2. The number of fused-ring (bicyclic) bond motifs is 1. The van der Waals surface area contributed by atoms with E-state index in [1.807, 2.05) is 31.2 Å². The first kappa shape index (κ1) is 15.7. The van der Waals surface area contributed by atoms with Gasteiger partial charge in [-0.05, 0) is 48.8 Å². The molecule has 1 aliphatic heterocycles. The van der Waals surface area contributed by atoms with E-state index in [9.17, 15) is 13.5 Å². The van der Waals surface area contributed by atoms with Gasteiger partial charge < -0.3 is 5.11 Å². The van der Waals surface area contributed by atoms with Gasteiger partial charge in [-0.15, -0.1) is 0 Å².